The number of hydrogen-bond donors (Lipinski definition) is 0. The largest absolute Gasteiger partial charge is 0.280 e. The van der Waals surface area contributed by atoms with Gasteiger partial charge in [0.25, 0.3) is 0 Å². The molecule has 0 fully saturated rings. The van der Waals surface area contributed by atoms with Gasteiger partial charge in [-0.3, -0.25) is 9.69 Å². The molecule has 29 heavy (non-hydrogen) atoms. The van der Waals surface area contributed by atoms with Crippen LogP contribution in [0.2, 0.25) is 0 Å². The monoisotopic (exact) mass is 401 g/mol. The Hall–Kier alpha value is -3.10. The molecule has 146 valence electrons. The van der Waals surface area contributed by atoms with E-state index in [9.17, 15) is 10.1 Å². The zero-order chi connectivity index (χ0) is 20.8. The third-order valence-electron chi connectivity index (χ3n) is 4.57. The normalized spacial score (nSPS) is 11.5. The first-order valence-corrected chi connectivity index (χ1v) is 10.4. The number of carbonyl (C=O) groups excluding carboxylic acids is 1. The van der Waals surface area contributed by atoms with E-state index in [1.165, 1.54) is 11.8 Å². The van der Waals surface area contributed by atoms with Crippen LogP contribution in [0.4, 0.5) is 11.4 Å². The Kier molecular flexibility index (Phi) is 6.69. The third kappa shape index (κ3) is 4.67. The predicted octanol–water partition coefficient (Wildman–Crippen LogP) is 5.81. The van der Waals surface area contributed by atoms with E-state index in [4.69, 9.17) is 0 Å². The van der Waals surface area contributed by atoms with Crippen LogP contribution in [0.5, 0.6) is 0 Å². The molecule has 2 aromatic carbocycles. The lowest BCUT2D eigenvalue weighted by Gasteiger charge is -2.27. The number of nitriles is 1. The van der Waals surface area contributed by atoms with Gasteiger partial charge in [0, 0.05) is 17.1 Å². The van der Waals surface area contributed by atoms with Crippen molar-refractivity contribution in [2.75, 3.05) is 4.90 Å². The molecular weight excluding hydrogens is 378 g/mol. The average Bonchev–Trinajstić information content (AvgIpc) is 2.73. The Bertz CT molecular complexity index is 990. The van der Waals surface area contributed by atoms with Crippen LogP contribution in [-0.2, 0) is 4.79 Å². The van der Waals surface area contributed by atoms with Crippen LogP contribution in [0, 0.1) is 25.2 Å². The van der Waals surface area contributed by atoms with Crippen molar-refractivity contribution in [2.24, 2.45) is 0 Å². The highest BCUT2D eigenvalue weighted by molar-refractivity contribution is 8.00. The van der Waals surface area contributed by atoms with Crippen LogP contribution in [0.15, 0.2) is 71.8 Å². The smallest absolute Gasteiger partial charge is 0.245 e. The number of rotatable bonds is 6. The molecule has 1 unspecified atom stereocenters. The van der Waals surface area contributed by atoms with Gasteiger partial charge in [-0.1, -0.05) is 55.1 Å². The Morgan fingerprint density at radius 2 is 1.62 bits per heavy atom. The van der Waals surface area contributed by atoms with Crippen molar-refractivity contribution < 1.29 is 4.79 Å². The topological polar surface area (TPSA) is 57.0 Å². The van der Waals surface area contributed by atoms with Gasteiger partial charge in [0.05, 0.1) is 10.8 Å². The minimum Gasteiger partial charge on any atom is -0.280 e. The fourth-order valence-corrected chi connectivity index (χ4v) is 4.33. The molecule has 1 atom stereocenters. The minimum atomic E-state index is -0.365. The van der Waals surface area contributed by atoms with E-state index in [1.54, 1.807) is 4.90 Å². The first-order valence-electron chi connectivity index (χ1n) is 9.54. The molecule has 0 aliphatic heterocycles. The van der Waals surface area contributed by atoms with Crippen LogP contribution in [0.1, 0.15) is 30.2 Å². The van der Waals surface area contributed by atoms with Crippen LogP contribution in [-0.4, -0.2) is 16.1 Å². The molecule has 4 nitrogen and oxygen atoms in total. The third-order valence-corrected chi connectivity index (χ3v) is 5.91. The molecule has 1 aromatic heterocycles. The molecule has 5 heteroatoms. The summed E-state index contributed by atoms with van der Waals surface area (Å²) in [6.45, 7) is 5.79. The Balaban J connectivity index is 2.00. The number of amides is 1. The first-order chi connectivity index (χ1) is 14.0. The van der Waals surface area contributed by atoms with Gasteiger partial charge in [-0.2, -0.15) is 5.26 Å². The summed E-state index contributed by atoms with van der Waals surface area (Å²) in [6.07, 6.45) is 0.624. The van der Waals surface area contributed by atoms with E-state index in [-0.39, 0.29) is 11.2 Å². The molecule has 0 spiro atoms. The zero-order valence-electron chi connectivity index (χ0n) is 16.8. The highest BCUT2D eigenvalue weighted by atomic mass is 32.2. The summed E-state index contributed by atoms with van der Waals surface area (Å²) >= 11 is 1.37. The van der Waals surface area contributed by atoms with E-state index in [0.717, 1.165) is 22.6 Å². The van der Waals surface area contributed by atoms with Crippen molar-refractivity contribution >= 4 is 29.0 Å². The van der Waals surface area contributed by atoms with Crippen LogP contribution in [0.3, 0.4) is 0 Å². The molecule has 0 saturated carbocycles. The van der Waals surface area contributed by atoms with Crippen LogP contribution in [0.25, 0.3) is 0 Å². The number of carbonyl (C=O) groups is 1. The molecule has 3 aromatic rings. The summed E-state index contributed by atoms with van der Waals surface area (Å²) in [5.74, 6) is -0.0280. The second-order valence-corrected chi connectivity index (χ2v) is 7.92. The fourth-order valence-electron chi connectivity index (χ4n) is 3.17. The van der Waals surface area contributed by atoms with Gasteiger partial charge in [-0.25, -0.2) is 4.98 Å². The maximum absolute atomic E-state index is 13.6. The lowest BCUT2D eigenvalue weighted by molar-refractivity contribution is -0.117. The van der Waals surface area contributed by atoms with Crippen molar-refractivity contribution in [3.8, 4) is 6.07 Å². The maximum atomic E-state index is 13.6. The summed E-state index contributed by atoms with van der Waals surface area (Å²) < 4.78 is 0. The molecule has 0 N–H and O–H groups in total. The van der Waals surface area contributed by atoms with Crippen molar-refractivity contribution in [3.63, 3.8) is 0 Å². The molecule has 1 heterocycles. The Morgan fingerprint density at radius 3 is 2.10 bits per heavy atom. The SMILES string of the molecule is CCC(Sc1nc(C)cc(C)c1C#N)C(=O)N(c1ccccc1)c1ccccc1. The van der Waals surface area contributed by atoms with E-state index in [2.05, 4.69) is 11.1 Å². The number of aryl methyl sites for hydroxylation is 2. The summed E-state index contributed by atoms with van der Waals surface area (Å²) in [6, 6.07) is 23.4. The summed E-state index contributed by atoms with van der Waals surface area (Å²) in [5.41, 5.74) is 3.90. The number of pyridine rings is 1. The van der Waals surface area contributed by atoms with Crippen molar-refractivity contribution in [1.29, 1.82) is 5.26 Å². The van der Waals surface area contributed by atoms with Crippen LogP contribution >= 0.6 is 11.8 Å². The second-order valence-electron chi connectivity index (χ2n) is 6.73. The van der Waals surface area contributed by atoms with Crippen molar-refractivity contribution in [3.05, 3.63) is 83.6 Å². The number of anilines is 2. The molecule has 3 rings (SSSR count). The zero-order valence-corrected chi connectivity index (χ0v) is 17.6. The number of aromatic nitrogens is 1. The lowest BCUT2D eigenvalue weighted by Crippen LogP contribution is -2.34. The van der Waals surface area contributed by atoms with Gasteiger partial charge >= 0.3 is 0 Å². The highest BCUT2D eigenvalue weighted by Crippen LogP contribution is 2.34. The second kappa shape index (κ2) is 9.40. The van der Waals surface area contributed by atoms with Gasteiger partial charge < -0.3 is 0 Å². The first kappa shape index (κ1) is 20.6. The standard InChI is InChI=1S/C24H23N3OS/c1-4-22(29-23-21(16-25)17(2)15-18(3)26-23)24(28)27(19-11-7-5-8-12-19)20-13-9-6-10-14-20/h5-15,22H,4H2,1-3H3. The van der Waals surface area contributed by atoms with Gasteiger partial charge in [-0.05, 0) is 56.2 Å². The average molecular weight is 402 g/mol. The fraction of sp³-hybridized carbons (Fsp3) is 0.208. The minimum absolute atomic E-state index is 0.0280. The quantitative estimate of drug-likeness (QED) is 0.489. The van der Waals surface area contributed by atoms with Crippen molar-refractivity contribution in [2.45, 2.75) is 37.5 Å². The molecule has 0 bridgehead atoms. The number of benzene rings is 2. The molecule has 1 amide bonds. The lowest BCUT2D eigenvalue weighted by atomic mass is 10.1. The van der Waals surface area contributed by atoms with E-state index < -0.39 is 0 Å². The van der Waals surface area contributed by atoms with Gasteiger partial charge in [0.1, 0.15) is 11.1 Å². The van der Waals surface area contributed by atoms with Gasteiger partial charge in [0.15, 0.2) is 0 Å². The number of nitrogens with zero attached hydrogens (tertiary/aromatic N) is 3. The Labute approximate surface area is 176 Å². The summed E-state index contributed by atoms with van der Waals surface area (Å²) in [4.78, 5) is 19.9. The van der Waals surface area contributed by atoms with Crippen molar-refractivity contribution in [1.82, 2.24) is 4.98 Å². The van der Waals surface area contributed by atoms with E-state index in [1.807, 2.05) is 87.5 Å². The molecule has 0 aliphatic rings. The number of thioether (sulfide) groups is 1. The van der Waals surface area contributed by atoms with Gasteiger partial charge in [0.2, 0.25) is 5.91 Å². The number of para-hydroxylation sites is 2. The molecular formula is C24H23N3OS. The van der Waals surface area contributed by atoms with Gasteiger partial charge in [-0.15, -0.1) is 0 Å². The van der Waals surface area contributed by atoms with Crippen LogP contribution < -0.4 is 4.90 Å². The molecule has 0 radical (unpaired) electrons. The van der Waals surface area contributed by atoms with E-state index in [0.29, 0.717) is 17.0 Å². The predicted molar refractivity (Wildman–Crippen MR) is 118 cm³/mol. The summed E-state index contributed by atoms with van der Waals surface area (Å²) in [5, 5.41) is 9.83. The highest BCUT2D eigenvalue weighted by Gasteiger charge is 2.28. The molecule has 0 aliphatic carbocycles. The molecule has 0 saturated heterocycles. The maximum Gasteiger partial charge on any atom is 0.245 e. The number of hydrogen-bond acceptors (Lipinski definition) is 4. The summed E-state index contributed by atoms with van der Waals surface area (Å²) in [7, 11) is 0. The Morgan fingerprint density at radius 1 is 1.07 bits per heavy atom. The van der Waals surface area contributed by atoms with E-state index >= 15 is 0 Å².